The molecule has 0 aromatic heterocycles. The molecular formula is C20H20N4O6S. The van der Waals surface area contributed by atoms with Crippen molar-refractivity contribution in [2.24, 2.45) is 0 Å². The number of nitrogens with one attached hydrogen (secondary N) is 3. The average Bonchev–Trinajstić information content (AvgIpc) is 2.74. The number of esters is 1. The number of carbonyl (C=O) groups excluding carboxylic acids is 3. The van der Waals surface area contributed by atoms with Crippen molar-refractivity contribution in [1.82, 2.24) is 10.0 Å². The Balaban J connectivity index is 1.78. The van der Waals surface area contributed by atoms with E-state index in [1.807, 2.05) is 36.0 Å². The molecule has 31 heavy (non-hydrogen) atoms. The predicted molar refractivity (Wildman–Crippen MR) is 110 cm³/mol. The number of carbonyl (C=O) groups is 3. The Kier molecular flexibility index (Phi) is 7.84. The summed E-state index contributed by atoms with van der Waals surface area (Å²) in [6.07, 6.45) is 0. The molecule has 3 N–H and O–H groups in total. The summed E-state index contributed by atoms with van der Waals surface area (Å²) in [7, 11) is -4.01. The van der Waals surface area contributed by atoms with Gasteiger partial charge in [-0.05, 0) is 55.3 Å². The van der Waals surface area contributed by atoms with Gasteiger partial charge in [0.25, 0.3) is 5.91 Å². The molecule has 0 bridgehead atoms. The summed E-state index contributed by atoms with van der Waals surface area (Å²) >= 11 is 0. The second-order valence-corrected chi connectivity index (χ2v) is 8.14. The lowest BCUT2D eigenvalue weighted by molar-refractivity contribution is -0.147. The van der Waals surface area contributed by atoms with E-state index >= 15 is 0 Å². The third-order valence-corrected chi connectivity index (χ3v) is 5.59. The summed E-state index contributed by atoms with van der Waals surface area (Å²) in [6.45, 7) is 2.20. The van der Waals surface area contributed by atoms with Gasteiger partial charge in [-0.3, -0.25) is 14.9 Å². The summed E-state index contributed by atoms with van der Waals surface area (Å²) in [5, 5.41) is 13.3. The van der Waals surface area contributed by atoms with E-state index in [-0.39, 0.29) is 10.5 Å². The van der Waals surface area contributed by atoms with Crippen molar-refractivity contribution in [1.29, 1.82) is 5.26 Å². The Labute approximate surface area is 179 Å². The third-order valence-electron chi connectivity index (χ3n) is 4.17. The van der Waals surface area contributed by atoms with Crippen molar-refractivity contribution in [3.63, 3.8) is 0 Å². The Morgan fingerprint density at radius 1 is 1.06 bits per heavy atom. The van der Waals surface area contributed by atoms with Gasteiger partial charge in [0, 0.05) is 5.69 Å². The number of hydrogen-bond acceptors (Lipinski definition) is 7. The Morgan fingerprint density at radius 3 is 2.39 bits per heavy atom. The quantitative estimate of drug-likeness (QED) is 0.544. The van der Waals surface area contributed by atoms with Gasteiger partial charge >= 0.3 is 12.0 Å². The minimum atomic E-state index is -4.01. The standard InChI is InChI=1S/C20H20N4O6S/c1-13-4-3-5-17(14(13)2)23-20(27)24-18(25)12-30-19(26)11-22-31(28,29)16-8-6-15(10-21)7-9-16/h3-9,22H,11-12H2,1-2H3,(H2,23,24,25,27). The normalized spacial score (nSPS) is 10.6. The first kappa shape index (κ1) is 23.5. The average molecular weight is 444 g/mol. The van der Waals surface area contributed by atoms with Crippen molar-refractivity contribution in [3.8, 4) is 6.07 Å². The molecule has 0 unspecified atom stereocenters. The Bertz CT molecular complexity index is 1140. The number of ether oxygens (including phenoxy) is 1. The number of aryl methyl sites for hydroxylation is 1. The van der Waals surface area contributed by atoms with Crippen molar-refractivity contribution in [2.45, 2.75) is 18.7 Å². The van der Waals surface area contributed by atoms with E-state index in [2.05, 4.69) is 10.1 Å². The van der Waals surface area contributed by atoms with Gasteiger partial charge in [0.2, 0.25) is 10.0 Å². The number of urea groups is 1. The summed E-state index contributed by atoms with van der Waals surface area (Å²) in [6, 6.07) is 11.4. The maximum absolute atomic E-state index is 12.1. The molecule has 0 saturated heterocycles. The largest absolute Gasteiger partial charge is 0.455 e. The smallest absolute Gasteiger partial charge is 0.325 e. The van der Waals surface area contributed by atoms with Crippen LogP contribution in [0.25, 0.3) is 0 Å². The van der Waals surface area contributed by atoms with Crippen LogP contribution in [0.2, 0.25) is 0 Å². The third kappa shape index (κ3) is 6.91. The van der Waals surface area contributed by atoms with Crippen molar-refractivity contribution in [3.05, 3.63) is 59.2 Å². The number of anilines is 1. The van der Waals surface area contributed by atoms with Gasteiger partial charge in [0.15, 0.2) is 6.61 Å². The van der Waals surface area contributed by atoms with Crippen LogP contribution in [0.4, 0.5) is 10.5 Å². The van der Waals surface area contributed by atoms with Gasteiger partial charge in [0.1, 0.15) is 6.54 Å². The topological polar surface area (TPSA) is 154 Å². The number of amides is 3. The molecular weight excluding hydrogens is 424 g/mol. The Hall–Kier alpha value is -3.75. The fourth-order valence-corrected chi connectivity index (χ4v) is 3.31. The molecule has 2 aromatic rings. The molecule has 0 fully saturated rings. The van der Waals surface area contributed by atoms with Crippen LogP contribution in [0.1, 0.15) is 16.7 Å². The second-order valence-electron chi connectivity index (χ2n) is 6.37. The van der Waals surface area contributed by atoms with E-state index in [1.54, 1.807) is 12.1 Å². The first-order valence-corrected chi connectivity index (χ1v) is 10.4. The molecule has 0 atom stereocenters. The maximum atomic E-state index is 12.1. The van der Waals surface area contributed by atoms with Crippen LogP contribution in [-0.2, 0) is 24.3 Å². The number of rotatable bonds is 7. The van der Waals surface area contributed by atoms with Crippen LogP contribution in [0.3, 0.4) is 0 Å². The lowest BCUT2D eigenvalue weighted by Gasteiger charge is -2.11. The predicted octanol–water partition coefficient (Wildman–Crippen LogP) is 1.34. The molecule has 2 rings (SSSR count). The number of sulfonamides is 1. The molecule has 0 aliphatic heterocycles. The molecule has 10 nitrogen and oxygen atoms in total. The van der Waals surface area contributed by atoms with E-state index < -0.39 is 41.1 Å². The monoisotopic (exact) mass is 444 g/mol. The van der Waals surface area contributed by atoms with E-state index in [4.69, 9.17) is 5.26 Å². The van der Waals surface area contributed by atoms with Crippen LogP contribution < -0.4 is 15.4 Å². The molecule has 0 aliphatic rings. The first-order valence-electron chi connectivity index (χ1n) is 8.95. The van der Waals surface area contributed by atoms with Crippen molar-refractivity contribution in [2.75, 3.05) is 18.5 Å². The van der Waals surface area contributed by atoms with Gasteiger partial charge in [-0.15, -0.1) is 0 Å². The molecule has 0 saturated carbocycles. The lowest BCUT2D eigenvalue weighted by atomic mass is 10.1. The molecule has 3 amide bonds. The fraction of sp³-hybridized carbons (Fsp3) is 0.200. The zero-order chi connectivity index (χ0) is 23.0. The summed E-state index contributed by atoms with van der Waals surface area (Å²) < 4.78 is 30.9. The number of benzene rings is 2. The fourth-order valence-electron chi connectivity index (χ4n) is 2.35. The van der Waals surface area contributed by atoms with Gasteiger partial charge in [-0.1, -0.05) is 12.1 Å². The van der Waals surface area contributed by atoms with Crippen LogP contribution >= 0.6 is 0 Å². The molecule has 0 heterocycles. The maximum Gasteiger partial charge on any atom is 0.325 e. The van der Waals surface area contributed by atoms with Gasteiger partial charge in [0.05, 0.1) is 16.5 Å². The Morgan fingerprint density at radius 2 is 1.74 bits per heavy atom. The van der Waals surface area contributed by atoms with Crippen LogP contribution in [0, 0.1) is 25.2 Å². The second kappa shape index (κ2) is 10.3. The van der Waals surface area contributed by atoms with E-state index in [0.717, 1.165) is 11.1 Å². The van der Waals surface area contributed by atoms with Crippen molar-refractivity contribution >= 4 is 33.6 Å². The molecule has 0 radical (unpaired) electrons. The van der Waals surface area contributed by atoms with Crippen molar-refractivity contribution < 1.29 is 27.5 Å². The van der Waals surface area contributed by atoms with E-state index in [0.29, 0.717) is 5.69 Å². The van der Waals surface area contributed by atoms with Crippen LogP contribution in [0.15, 0.2) is 47.4 Å². The highest BCUT2D eigenvalue weighted by Gasteiger charge is 2.17. The van der Waals surface area contributed by atoms with Crippen LogP contribution in [0.5, 0.6) is 0 Å². The highest BCUT2D eigenvalue weighted by Crippen LogP contribution is 2.17. The number of hydrogen-bond donors (Lipinski definition) is 3. The summed E-state index contributed by atoms with van der Waals surface area (Å²) in [5.41, 5.74) is 2.61. The summed E-state index contributed by atoms with van der Waals surface area (Å²) in [4.78, 5) is 35.2. The number of imide groups is 1. The first-order chi connectivity index (χ1) is 14.6. The molecule has 162 valence electrons. The SMILES string of the molecule is Cc1cccc(NC(=O)NC(=O)COC(=O)CNS(=O)(=O)c2ccc(C#N)cc2)c1C. The van der Waals surface area contributed by atoms with Crippen LogP contribution in [-0.4, -0.2) is 39.5 Å². The number of nitriles is 1. The summed E-state index contributed by atoms with van der Waals surface area (Å²) in [5.74, 6) is -1.89. The number of nitrogens with zero attached hydrogens (tertiary/aromatic N) is 1. The molecule has 0 spiro atoms. The molecule has 2 aromatic carbocycles. The van der Waals surface area contributed by atoms with E-state index in [9.17, 15) is 22.8 Å². The van der Waals surface area contributed by atoms with E-state index in [1.165, 1.54) is 24.3 Å². The molecule has 0 aliphatic carbocycles. The highest BCUT2D eigenvalue weighted by atomic mass is 32.2. The lowest BCUT2D eigenvalue weighted by Crippen LogP contribution is -2.38. The van der Waals surface area contributed by atoms with Gasteiger partial charge < -0.3 is 10.1 Å². The highest BCUT2D eigenvalue weighted by molar-refractivity contribution is 7.89. The minimum Gasteiger partial charge on any atom is -0.455 e. The minimum absolute atomic E-state index is 0.139. The zero-order valence-electron chi connectivity index (χ0n) is 16.8. The molecule has 11 heteroatoms. The van der Waals surface area contributed by atoms with Gasteiger partial charge in [-0.2, -0.15) is 9.98 Å². The van der Waals surface area contributed by atoms with Gasteiger partial charge in [-0.25, -0.2) is 13.2 Å². The zero-order valence-corrected chi connectivity index (χ0v) is 17.6.